The number of amides is 4. The Morgan fingerprint density at radius 3 is 2.64 bits per heavy atom. The van der Waals surface area contributed by atoms with Gasteiger partial charge >= 0.3 is 6.03 Å². The molecular formula is C17H25N5O3. The number of hydrogen-bond acceptors (Lipinski definition) is 4. The molecule has 2 fully saturated rings. The zero-order valence-electron chi connectivity index (χ0n) is 14.5. The summed E-state index contributed by atoms with van der Waals surface area (Å²) in [4.78, 5) is 41.0. The third-order valence-electron chi connectivity index (χ3n) is 5.17. The summed E-state index contributed by atoms with van der Waals surface area (Å²) < 4.78 is 2.17. The fourth-order valence-corrected chi connectivity index (χ4v) is 3.52. The molecule has 0 aliphatic carbocycles. The number of imide groups is 1. The van der Waals surface area contributed by atoms with Gasteiger partial charge in [0.1, 0.15) is 11.9 Å². The Morgan fingerprint density at radius 2 is 2.04 bits per heavy atom. The molecule has 0 saturated carbocycles. The first-order valence-corrected chi connectivity index (χ1v) is 8.90. The third kappa shape index (κ3) is 4.37. The number of aryl methyl sites for hydroxylation is 2. The predicted octanol–water partition coefficient (Wildman–Crippen LogP) is 0.808. The van der Waals surface area contributed by atoms with E-state index in [1.54, 1.807) is 0 Å². The van der Waals surface area contributed by atoms with Crippen molar-refractivity contribution in [3.05, 3.63) is 18.2 Å². The van der Waals surface area contributed by atoms with Crippen molar-refractivity contribution in [1.29, 1.82) is 0 Å². The van der Waals surface area contributed by atoms with Crippen LogP contribution >= 0.6 is 0 Å². The molecule has 3 rings (SSSR count). The maximum absolute atomic E-state index is 12.3. The van der Waals surface area contributed by atoms with Gasteiger partial charge in [0.05, 0.1) is 0 Å². The molecule has 2 N–H and O–H groups in total. The maximum Gasteiger partial charge on any atom is 0.322 e. The van der Waals surface area contributed by atoms with Crippen molar-refractivity contribution in [2.75, 3.05) is 13.1 Å². The highest BCUT2D eigenvalue weighted by atomic mass is 16.2. The molecule has 4 amide bonds. The molecule has 1 atom stereocenters. The number of piperidine rings is 1. The lowest BCUT2D eigenvalue weighted by molar-refractivity contribution is -0.132. The minimum atomic E-state index is -0.576. The highest BCUT2D eigenvalue weighted by molar-refractivity contribution is 6.04. The second kappa shape index (κ2) is 7.67. The number of rotatable bonds is 6. The lowest BCUT2D eigenvalue weighted by Crippen LogP contribution is -2.39. The molecule has 1 aromatic heterocycles. The van der Waals surface area contributed by atoms with Crippen LogP contribution in [-0.4, -0.2) is 51.4 Å². The fourth-order valence-electron chi connectivity index (χ4n) is 3.52. The Balaban J connectivity index is 1.37. The first kappa shape index (κ1) is 17.4. The minimum Gasteiger partial charge on any atom is -0.343 e. The number of nitrogens with zero attached hydrogens (tertiary/aromatic N) is 3. The summed E-state index contributed by atoms with van der Waals surface area (Å²) in [6.07, 6.45) is 7.61. The molecule has 1 aromatic rings. The number of carbonyl (C=O) groups excluding carboxylic acids is 3. The molecule has 3 heterocycles. The van der Waals surface area contributed by atoms with Crippen LogP contribution in [0.1, 0.15) is 37.9 Å². The number of imidazole rings is 1. The van der Waals surface area contributed by atoms with Crippen molar-refractivity contribution in [1.82, 2.24) is 25.1 Å². The SMILES string of the molecule is Cc1nccn1CCC1CCN(C(=O)CC[C@@H]2NC(=O)NC2=O)CC1. The number of hydrogen-bond donors (Lipinski definition) is 2. The highest BCUT2D eigenvalue weighted by Gasteiger charge is 2.30. The van der Waals surface area contributed by atoms with Gasteiger partial charge < -0.3 is 14.8 Å². The lowest BCUT2D eigenvalue weighted by atomic mass is 9.93. The van der Waals surface area contributed by atoms with E-state index in [1.807, 2.05) is 24.2 Å². The second-order valence-electron chi connectivity index (χ2n) is 6.83. The van der Waals surface area contributed by atoms with Crippen LogP contribution in [0.5, 0.6) is 0 Å². The van der Waals surface area contributed by atoms with Crippen LogP contribution in [0.2, 0.25) is 0 Å². The summed E-state index contributed by atoms with van der Waals surface area (Å²) in [5.74, 6) is 1.39. The van der Waals surface area contributed by atoms with Crippen molar-refractivity contribution < 1.29 is 14.4 Å². The standard InChI is InChI=1S/C17H25N5O3/c1-12-18-7-11-21(12)8-4-13-5-9-22(10-6-13)15(23)3-2-14-16(24)20-17(25)19-14/h7,11,13-14H,2-6,8-10H2,1H3,(H2,19,20,24,25)/t14-/m0/s1. The van der Waals surface area contributed by atoms with Gasteiger partial charge in [-0.05, 0) is 38.5 Å². The second-order valence-corrected chi connectivity index (χ2v) is 6.83. The molecule has 0 aromatic carbocycles. The molecule has 0 unspecified atom stereocenters. The topological polar surface area (TPSA) is 96.3 Å². The van der Waals surface area contributed by atoms with Crippen molar-refractivity contribution in [2.45, 2.75) is 51.6 Å². The molecule has 2 aliphatic rings. The third-order valence-corrected chi connectivity index (χ3v) is 5.17. The van der Waals surface area contributed by atoms with E-state index in [9.17, 15) is 14.4 Å². The van der Waals surface area contributed by atoms with Crippen LogP contribution in [0.4, 0.5) is 4.79 Å². The molecule has 8 heteroatoms. The minimum absolute atomic E-state index is 0.0675. The lowest BCUT2D eigenvalue weighted by Gasteiger charge is -2.32. The van der Waals surface area contributed by atoms with Gasteiger partial charge in [0.15, 0.2) is 0 Å². The predicted molar refractivity (Wildman–Crippen MR) is 90.6 cm³/mol. The van der Waals surface area contributed by atoms with Crippen molar-refractivity contribution in [2.24, 2.45) is 5.92 Å². The zero-order chi connectivity index (χ0) is 17.8. The van der Waals surface area contributed by atoms with Crippen LogP contribution in [0, 0.1) is 12.8 Å². The van der Waals surface area contributed by atoms with Gasteiger partial charge in [-0.1, -0.05) is 0 Å². The monoisotopic (exact) mass is 347 g/mol. The summed E-state index contributed by atoms with van der Waals surface area (Å²) in [5.41, 5.74) is 0. The van der Waals surface area contributed by atoms with E-state index in [-0.39, 0.29) is 18.2 Å². The number of urea groups is 1. The molecule has 0 radical (unpaired) electrons. The highest BCUT2D eigenvalue weighted by Crippen LogP contribution is 2.22. The molecule has 2 aliphatic heterocycles. The van der Waals surface area contributed by atoms with Gasteiger partial charge in [-0.2, -0.15) is 0 Å². The molecule has 136 valence electrons. The van der Waals surface area contributed by atoms with Gasteiger partial charge in [0.2, 0.25) is 5.91 Å². The van der Waals surface area contributed by atoms with E-state index in [0.717, 1.165) is 44.7 Å². The normalized spacial score (nSPS) is 21.3. The van der Waals surface area contributed by atoms with E-state index in [0.29, 0.717) is 12.3 Å². The van der Waals surface area contributed by atoms with Gasteiger partial charge in [0, 0.05) is 38.4 Å². The first-order chi connectivity index (χ1) is 12.0. The molecule has 0 bridgehead atoms. The number of likely N-dealkylation sites (tertiary alicyclic amines) is 1. The largest absolute Gasteiger partial charge is 0.343 e. The Bertz CT molecular complexity index is 648. The molecule has 0 spiro atoms. The average Bonchev–Trinajstić information content (AvgIpc) is 3.15. The Kier molecular flexibility index (Phi) is 5.35. The maximum atomic E-state index is 12.3. The van der Waals surface area contributed by atoms with Crippen LogP contribution in [-0.2, 0) is 16.1 Å². The summed E-state index contributed by atoms with van der Waals surface area (Å²) in [5, 5.41) is 4.71. The van der Waals surface area contributed by atoms with E-state index >= 15 is 0 Å². The Labute approximate surface area is 147 Å². The summed E-state index contributed by atoms with van der Waals surface area (Å²) in [6, 6.07) is -1.05. The van der Waals surface area contributed by atoms with E-state index in [2.05, 4.69) is 20.2 Å². The Morgan fingerprint density at radius 1 is 1.28 bits per heavy atom. The number of aromatic nitrogens is 2. The first-order valence-electron chi connectivity index (χ1n) is 8.90. The van der Waals surface area contributed by atoms with Gasteiger partial charge in [-0.3, -0.25) is 14.9 Å². The summed E-state index contributed by atoms with van der Waals surface area (Å²) >= 11 is 0. The smallest absolute Gasteiger partial charge is 0.322 e. The van der Waals surface area contributed by atoms with E-state index in [4.69, 9.17) is 0 Å². The van der Waals surface area contributed by atoms with Crippen molar-refractivity contribution >= 4 is 17.8 Å². The summed E-state index contributed by atoms with van der Waals surface area (Å²) in [6.45, 7) is 4.53. The van der Waals surface area contributed by atoms with E-state index in [1.165, 1.54) is 0 Å². The van der Waals surface area contributed by atoms with Crippen molar-refractivity contribution in [3.63, 3.8) is 0 Å². The number of nitrogens with one attached hydrogen (secondary N) is 2. The van der Waals surface area contributed by atoms with Gasteiger partial charge in [0.25, 0.3) is 5.91 Å². The molecule has 8 nitrogen and oxygen atoms in total. The molecule has 2 saturated heterocycles. The fraction of sp³-hybridized carbons (Fsp3) is 0.647. The number of carbonyl (C=O) groups is 3. The van der Waals surface area contributed by atoms with Gasteiger partial charge in [-0.25, -0.2) is 9.78 Å². The van der Waals surface area contributed by atoms with Crippen LogP contribution in [0.15, 0.2) is 12.4 Å². The average molecular weight is 347 g/mol. The molecular weight excluding hydrogens is 322 g/mol. The van der Waals surface area contributed by atoms with Gasteiger partial charge in [-0.15, -0.1) is 0 Å². The molecule has 25 heavy (non-hydrogen) atoms. The Hall–Kier alpha value is -2.38. The van der Waals surface area contributed by atoms with Crippen molar-refractivity contribution in [3.8, 4) is 0 Å². The van der Waals surface area contributed by atoms with Crippen LogP contribution in [0.3, 0.4) is 0 Å². The summed E-state index contributed by atoms with van der Waals surface area (Å²) in [7, 11) is 0. The quantitative estimate of drug-likeness (QED) is 0.744. The van der Waals surface area contributed by atoms with Crippen LogP contribution < -0.4 is 10.6 Å². The zero-order valence-corrected chi connectivity index (χ0v) is 14.5. The van der Waals surface area contributed by atoms with E-state index < -0.39 is 12.1 Å². The van der Waals surface area contributed by atoms with Crippen LogP contribution in [0.25, 0.3) is 0 Å².